The molecule has 0 aliphatic heterocycles. The molecule has 0 bridgehead atoms. The molecule has 0 saturated carbocycles. The van der Waals surface area contributed by atoms with Crippen molar-refractivity contribution in [3.63, 3.8) is 0 Å². The molecule has 0 aliphatic rings. The Labute approximate surface area is 66.6 Å². The Hall–Kier alpha value is 0.0300. The molecule has 0 radical (unpaired) electrons. The van der Waals surface area contributed by atoms with Crippen LogP contribution in [0.1, 0.15) is 0 Å². The molecule has 3 N–H and O–H groups in total. The van der Waals surface area contributed by atoms with Crippen molar-refractivity contribution in [2.24, 2.45) is 0 Å². The van der Waals surface area contributed by atoms with Crippen LogP contribution in [0.25, 0.3) is 0 Å². The minimum atomic E-state index is -1.27. The summed E-state index contributed by atoms with van der Waals surface area (Å²) in [5.41, 5.74) is 0. The molecule has 0 aromatic rings. The van der Waals surface area contributed by atoms with Gasteiger partial charge in [-0.1, -0.05) is 15.9 Å². The number of carbonyl (C=O) groups is 1. The maximum Gasteiger partial charge on any atom is 0.136 e. The standard InChI is InChI=1S/C5H9BrO4/c6-3(1-7)5(10)4(9)2-8/h1,3-5,8-10H,2H2/t3-,4+,5+/m0/s1. The number of aliphatic hydroxyl groups is 3. The quantitative estimate of drug-likeness (QED) is 0.399. The van der Waals surface area contributed by atoms with Crippen LogP contribution in [0.2, 0.25) is 0 Å². The van der Waals surface area contributed by atoms with E-state index in [9.17, 15) is 4.79 Å². The molecule has 3 atom stereocenters. The van der Waals surface area contributed by atoms with Crippen LogP contribution < -0.4 is 0 Å². The van der Waals surface area contributed by atoms with E-state index in [2.05, 4.69) is 15.9 Å². The van der Waals surface area contributed by atoms with E-state index < -0.39 is 23.6 Å². The zero-order valence-electron chi connectivity index (χ0n) is 5.14. The average molecular weight is 213 g/mol. The lowest BCUT2D eigenvalue weighted by Crippen LogP contribution is -2.37. The molecule has 4 nitrogen and oxygen atoms in total. The zero-order chi connectivity index (χ0) is 8.15. The first-order valence-electron chi connectivity index (χ1n) is 2.69. The summed E-state index contributed by atoms with van der Waals surface area (Å²) in [5.74, 6) is 0. The molecule has 0 aromatic carbocycles. The fourth-order valence-electron chi connectivity index (χ4n) is 0.401. The van der Waals surface area contributed by atoms with Crippen molar-refractivity contribution < 1.29 is 20.1 Å². The predicted molar refractivity (Wildman–Crippen MR) is 37.9 cm³/mol. The Balaban J connectivity index is 3.80. The van der Waals surface area contributed by atoms with Gasteiger partial charge in [0.1, 0.15) is 18.5 Å². The molecule has 0 spiro atoms. The van der Waals surface area contributed by atoms with E-state index in [0.717, 1.165) is 0 Å². The lowest BCUT2D eigenvalue weighted by molar-refractivity contribution is -0.110. The largest absolute Gasteiger partial charge is 0.394 e. The molecule has 0 fully saturated rings. The first-order chi connectivity index (χ1) is 4.63. The van der Waals surface area contributed by atoms with E-state index in [1.54, 1.807) is 0 Å². The second-order valence-corrected chi connectivity index (χ2v) is 2.88. The van der Waals surface area contributed by atoms with E-state index in [1.165, 1.54) is 0 Å². The van der Waals surface area contributed by atoms with Gasteiger partial charge in [0, 0.05) is 0 Å². The van der Waals surface area contributed by atoms with E-state index >= 15 is 0 Å². The monoisotopic (exact) mass is 212 g/mol. The highest BCUT2D eigenvalue weighted by Crippen LogP contribution is 2.06. The van der Waals surface area contributed by atoms with Crippen LogP contribution in [0.4, 0.5) is 0 Å². The van der Waals surface area contributed by atoms with Crippen molar-refractivity contribution in [3.05, 3.63) is 0 Å². The second kappa shape index (κ2) is 4.79. The van der Waals surface area contributed by atoms with Crippen LogP contribution in [0.15, 0.2) is 0 Å². The van der Waals surface area contributed by atoms with Gasteiger partial charge in [0.15, 0.2) is 0 Å². The fourth-order valence-corrected chi connectivity index (χ4v) is 0.753. The van der Waals surface area contributed by atoms with E-state index in [4.69, 9.17) is 15.3 Å². The van der Waals surface area contributed by atoms with Gasteiger partial charge < -0.3 is 20.1 Å². The normalized spacial score (nSPS) is 19.6. The van der Waals surface area contributed by atoms with Gasteiger partial charge in [-0.2, -0.15) is 0 Å². The maximum atomic E-state index is 9.97. The number of hydrogen-bond acceptors (Lipinski definition) is 4. The molecule has 5 heteroatoms. The van der Waals surface area contributed by atoms with Crippen LogP contribution in [-0.4, -0.2) is 45.2 Å². The number of rotatable bonds is 4. The molecular formula is C5H9BrO4. The van der Waals surface area contributed by atoms with Crippen molar-refractivity contribution in [2.75, 3.05) is 6.61 Å². The fraction of sp³-hybridized carbons (Fsp3) is 0.800. The number of halogens is 1. The molecule has 0 heterocycles. The summed E-state index contributed by atoms with van der Waals surface area (Å²) in [6.45, 7) is -0.558. The van der Waals surface area contributed by atoms with Gasteiger partial charge >= 0.3 is 0 Å². The number of aldehydes is 1. The number of aliphatic hydroxyl groups excluding tert-OH is 3. The van der Waals surface area contributed by atoms with Crippen molar-refractivity contribution in [1.82, 2.24) is 0 Å². The second-order valence-electron chi connectivity index (χ2n) is 1.82. The first-order valence-corrected chi connectivity index (χ1v) is 3.61. The summed E-state index contributed by atoms with van der Waals surface area (Å²) < 4.78 is 0. The third kappa shape index (κ3) is 2.74. The third-order valence-corrected chi connectivity index (χ3v) is 1.80. The number of carbonyl (C=O) groups excluding carboxylic acids is 1. The van der Waals surface area contributed by atoms with Crippen molar-refractivity contribution in [2.45, 2.75) is 17.0 Å². The number of hydrogen-bond donors (Lipinski definition) is 3. The van der Waals surface area contributed by atoms with Gasteiger partial charge in [0.2, 0.25) is 0 Å². The van der Waals surface area contributed by atoms with Gasteiger partial charge in [-0.15, -0.1) is 0 Å². The van der Waals surface area contributed by atoms with Crippen LogP contribution in [0.3, 0.4) is 0 Å². The summed E-state index contributed by atoms with van der Waals surface area (Å²) in [6.07, 6.45) is -2.07. The van der Waals surface area contributed by atoms with E-state index in [1.807, 2.05) is 0 Å². The third-order valence-electron chi connectivity index (χ3n) is 1.04. The Kier molecular flexibility index (Phi) is 4.80. The van der Waals surface area contributed by atoms with Crippen LogP contribution in [0, 0.1) is 0 Å². The van der Waals surface area contributed by atoms with Crippen LogP contribution >= 0.6 is 15.9 Å². The lowest BCUT2D eigenvalue weighted by Gasteiger charge is -2.16. The molecule has 0 unspecified atom stereocenters. The summed E-state index contributed by atoms with van der Waals surface area (Å²) >= 11 is 2.79. The molecule has 0 rings (SSSR count). The SMILES string of the molecule is O=C[C@H](Br)[C@@H](O)[C@H](O)CO. The Morgan fingerprint density at radius 3 is 2.30 bits per heavy atom. The molecular weight excluding hydrogens is 204 g/mol. The van der Waals surface area contributed by atoms with E-state index in [0.29, 0.717) is 6.29 Å². The molecule has 0 amide bonds. The Morgan fingerprint density at radius 2 is 2.00 bits per heavy atom. The highest BCUT2D eigenvalue weighted by molar-refractivity contribution is 9.10. The minimum Gasteiger partial charge on any atom is -0.394 e. The molecule has 0 aliphatic carbocycles. The molecule has 0 aromatic heterocycles. The minimum absolute atomic E-state index is 0.448. The van der Waals surface area contributed by atoms with Crippen molar-refractivity contribution in [3.8, 4) is 0 Å². The summed E-state index contributed by atoms with van der Waals surface area (Å²) in [6, 6.07) is 0. The van der Waals surface area contributed by atoms with Gasteiger partial charge in [-0.25, -0.2) is 0 Å². The van der Waals surface area contributed by atoms with Crippen molar-refractivity contribution >= 4 is 22.2 Å². The summed E-state index contributed by atoms with van der Waals surface area (Å²) in [4.78, 5) is 9.14. The predicted octanol–water partition coefficient (Wildman–Crippen LogP) is -1.34. The maximum absolute atomic E-state index is 9.97. The average Bonchev–Trinajstić information content (AvgIpc) is 2.00. The van der Waals surface area contributed by atoms with E-state index in [-0.39, 0.29) is 0 Å². The van der Waals surface area contributed by atoms with Crippen LogP contribution in [-0.2, 0) is 4.79 Å². The topological polar surface area (TPSA) is 77.8 Å². The highest BCUT2D eigenvalue weighted by Gasteiger charge is 2.22. The summed E-state index contributed by atoms with van der Waals surface area (Å²) in [7, 11) is 0. The molecule has 0 saturated heterocycles. The lowest BCUT2D eigenvalue weighted by atomic mass is 10.2. The van der Waals surface area contributed by atoms with Gasteiger partial charge in [0.25, 0.3) is 0 Å². The smallest absolute Gasteiger partial charge is 0.136 e. The molecule has 60 valence electrons. The molecule has 10 heavy (non-hydrogen) atoms. The highest BCUT2D eigenvalue weighted by atomic mass is 79.9. The number of alkyl halides is 1. The zero-order valence-corrected chi connectivity index (χ0v) is 6.73. The Bertz CT molecular complexity index is 108. The Morgan fingerprint density at radius 1 is 1.50 bits per heavy atom. The first kappa shape index (κ1) is 10.0. The van der Waals surface area contributed by atoms with Gasteiger partial charge in [-0.05, 0) is 0 Å². The van der Waals surface area contributed by atoms with Crippen LogP contribution in [0.5, 0.6) is 0 Å². The van der Waals surface area contributed by atoms with Crippen molar-refractivity contribution in [1.29, 1.82) is 0 Å². The van der Waals surface area contributed by atoms with Gasteiger partial charge in [-0.3, -0.25) is 0 Å². The van der Waals surface area contributed by atoms with Gasteiger partial charge in [0.05, 0.1) is 11.4 Å². The summed E-state index contributed by atoms with van der Waals surface area (Å²) in [5, 5.41) is 25.9.